The second-order valence-corrected chi connectivity index (χ2v) is 6.25. The molecule has 1 saturated heterocycles. The summed E-state index contributed by atoms with van der Waals surface area (Å²) in [5.41, 5.74) is 1.63. The molecule has 0 bridgehead atoms. The molecule has 0 saturated carbocycles. The van der Waals surface area contributed by atoms with E-state index < -0.39 is 5.60 Å². The van der Waals surface area contributed by atoms with Gasteiger partial charge in [0.15, 0.2) is 0 Å². The van der Waals surface area contributed by atoms with Crippen LogP contribution in [0.1, 0.15) is 25.3 Å². The summed E-state index contributed by atoms with van der Waals surface area (Å²) in [5.74, 6) is 0.930. The van der Waals surface area contributed by atoms with Crippen molar-refractivity contribution in [3.63, 3.8) is 0 Å². The highest BCUT2D eigenvalue weighted by Crippen LogP contribution is 2.25. The Morgan fingerprint density at radius 3 is 2.95 bits per heavy atom. The van der Waals surface area contributed by atoms with E-state index in [9.17, 15) is 5.11 Å². The normalized spacial score (nSPS) is 23.4. The van der Waals surface area contributed by atoms with E-state index in [1.165, 1.54) is 5.56 Å². The SMILES string of the molecule is CNc1nc2ccccc2cc1CN1CCCC(C)(O)C1. The molecule has 0 amide bonds. The number of β-amino-alcohol motifs (C(OH)–C–C–N with tert-alkyl or cyclic N) is 1. The van der Waals surface area contributed by atoms with E-state index in [4.69, 9.17) is 4.98 Å². The first-order valence-electron chi connectivity index (χ1n) is 7.58. The Morgan fingerprint density at radius 1 is 1.38 bits per heavy atom. The van der Waals surface area contributed by atoms with Crippen LogP contribution in [-0.2, 0) is 6.54 Å². The van der Waals surface area contributed by atoms with Gasteiger partial charge in [-0.3, -0.25) is 4.90 Å². The van der Waals surface area contributed by atoms with Crippen molar-refractivity contribution in [1.29, 1.82) is 0 Å². The Labute approximate surface area is 125 Å². The molecule has 3 rings (SSSR count). The Hall–Kier alpha value is -1.65. The van der Waals surface area contributed by atoms with Crippen molar-refractivity contribution in [3.05, 3.63) is 35.9 Å². The summed E-state index contributed by atoms with van der Waals surface area (Å²) in [6.07, 6.45) is 1.93. The van der Waals surface area contributed by atoms with Crippen LogP contribution in [-0.4, -0.2) is 40.7 Å². The number of fused-ring (bicyclic) bond motifs is 1. The number of hydrogen-bond acceptors (Lipinski definition) is 4. The van der Waals surface area contributed by atoms with Crippen molar-refractivity contribution in [3.8, 4) is 0 Å². The molecule has 1 aromatic carbocycles. The molecule has 1 aliphatic heterocycles. The fourth-order valence-electron chi connectivity index (χ4n) is 3.20. The lowest BCUT2D eigenvalue weighted by molar-refractivity contribution is -0.0181. The molecule has 2 heterocycles. The zero-order chi connectivity index (χ0) is 14.9. The molecule has 2 N–H and O–H groups in total. The highest BCUT2D eigenvalue weighted by atomic mass is 16.3. The van der Waals surface area contributed by atoms with Crippen molar-refractivity contribution in [2.45, 2.75) is 31.9 Å². The summed E-state index contributed by atoms with van der Waals surface area (Å²) in [7, 11) is 1.91. The number of hydrogen-bond donors (Lipinski definition) is 2. The maximum absolute atomic E-state index is 10.2. The number of benzene rings is 1. The molecule has 0 aliphatic carbocycles. The lowest BCUT2D eigenvalue weighted by Crippen LogP contribution is -2.45. The molecule has 4 heteroatoms. The van der Waals surface area contributed by atoms with Crippen LogP contribution in [0.15, 0.2) is 30.3 Å². The van der Waals surface area contributed by atoms with Gasteiger partial charge >= 0.3 is 0 Å². The van der Waals surface area contributed by atoms with Crippen molar-refractivity contribution >= 4 is 16.7 Å². The van der Waals surface area contributed by atoms with Gasteiger partial charge in [0.1, 0.15) is 5.82 Å². The van der Waals surface area contributed by atoms with Crippen molar-refractivity contribution in [2.75, 3.05) is 25.5 Å². The van der Waals surface area contributed by atoms with E-state index in [2.05, 4.69) is 22.3 Å². The van der Waals surface area contributed by atoms with E-state index in [0.29, 0.717) is 0 Å². The molecular formula is C17H23N3O. The predicted octanol–water partition coefficient (Wildman–Crippen LogP) is 2.62. The monoisotopic (exact) mass is 285 g/mol. The van der Waals surface area contributed by atoms with Gasteiger partial charge in [-0.1, -0.05) is 18.2 Å². The van der Waals surface area contributed by atoms with Crippen LogP contribution < -0.4 is 5.32 Å². The zero-order valence-electron chi connectivity index (χ0n) is 12.8. The number of nitrogens with one attached hydrogen (secondary N) is 1. The number of para-hydroxylation sites is 1. The smallest absolute Gasteiger partial charge is 0.130 e. The molecule has 0 spiro atoms. The fraction of sp³-hybridized carbons (Fsp3) is 0.471. The quantitative estimate of drug-likeness (QED) is 0.910. The van der Waals surface area contributed by atoms with E-state index >= 15 is 0 Å². The van der Waals surface area contributed by atoms with Crippen LogP contribution in [0.2, 0.25) is 0 Å². The Bertz CT molecular complexity index is 639. The average Bonchev–Trinajstić information content (AvgIpc) is 2.45. The first-order chi connectivity index (χ1) is 10.1. The number of pyridine rings is 1. The van der Waals surface area contributed by atoms with Crippen molar-refractivity contribution in [2.24, 2.45) is 0 Å². The summed E-state index contributed by atoms with van der Waals surface area (Å²) < 4.78 is 0. The van der Waals surface area contributed by atoms with Gasteiger partial charge in [-0.15, -0.1) is 0 Å². The van der Waals surface area contributed by atoms with Gasteiger partial charge in [0.25, 0.3) is 0 Å². The van der Waals surface area contributed by atoms with Crippen LogP contribution >= 0.6 is 0 Å². The van der Waals surface area contributed by atoms with Crippen LogP contribution in [0.4, 0.5) is 5.82 Å². The number of anilines is 1. The molecular weight excluding hydrogens is 262 g/mol. The summed E-state index contributed by atoms with van der Waals surface area (Å²) in [5, 5.41) is 14.6. The summed E-state index contributed by atoms with van der Waals surface area (Å²) in [6.45, 7) is 4.51. The lowest BCUT2D eigenvalue weighted by Gasteiger charge is -2.37. The first-order valence-corrected chi connectivity index (χ1v) is 7.58. The minimum absolute atomic E-state index is 0.567. The molecule has 1 aliphatic rings. The molecule has 0 radical (unpaired) electrons. The van der Waals surface area contributed by atoms with Gasteiger partial charge in [0.05, 0.1) is 11.1 Å². The minimum Gasteiger partial charge on any atom is -0.389 e. The van der Waals surface area contributed by atoms with E-state index in [0.717, 1.165) is 49.2 Å². The minimum atomic E-state index is -0.567. The van der Waals surface area contributed by atoms with E-state index in [-0.39, 0.29) is 0 Å². The number of rotatable bonds is 3. The average molecular weight is 285 g/mol. The molecule has 2 aromatic rings. The summed E-state index contributed by atoms with van der Waals surface area (Å²) in [6, 6.07) is 10.4. The van der Waals surface area contributed by atoms with Gasteiger partial charge in [-0.2, -0.15) is 0 Å². The van der Waals surface area contributed by atoms with Crippen LogP contribution in [0.3, 0.4) is 0 Å². The summed E-state index contributed by atoms with van der Waals surface area (Å²) in [4.78, 5) is 7.01. The van der Waals surface area contributed by atoms with Gasteiger partial charge in [-0.05, 0) is 38.4 Å². The second kappa shape index (κ2) is 5.62. The van der Waals surface area contributed by atoms with Crippen LogP contribution in [0, 0.1) is 0 Å². The van der Waals surface area contributed by atoms with Crippen LogP contribution in [0.25, 0.3) is 10.9 Å². The number of piperidine rings is 1. The topological polar surface area (TPSA) is 48.4 Å². The molecule has 21 heavy (non-hydrogen) atoms. The highest BCUT2D eigenvalue weighted by Gasteiger charge is 2.28. The lowest BCUT2D eigenvalue weighted by atomic mass is 9.95. The standard InChI is InChI=1S/C17H23N3O/c1-17(21)8-5-9-20(12-17)11-14-10-13-6-3-4-7-15(13)19-16(14)18-2/h3-4,6-7,10,21H,5,8-9,11-12H2,1-2H3,(H,18,19). The highest BCUT2D eigenvalue weighted by molar-refractivity contribution is 5.81. The van der Waals surface area contributed by atoms with Gasteiger partial charge in [-0.25, -0.2) is 4.98 Å². The number of nitrogens with zero attached hydrogens (tertiary/aromatic N) is 2. The predicted molar refractivity (Wildman–Crippen MR) is 86.4 cm³/mol. The maximum atomic E-state index is 10.2. The molecule has 1 unspecified atom stereocenters. The Morgan fingerprint density at radius 2 is 2.19 bits per heavy atom. The molecule has 1 aromatic heterocycles. The third kappa shape index (κ3) is 3.17. The molecule has 1 fully saturated rings. The van der Waals surface area contributed by atoms with Gasteiger partial charge in [0, 0.05) is 31.1 Å². The molecule has 112 valence electrons. The number of aromatic nitrogens is 1. The third-order valence-corrected chi connectivity index (χ3v) is 4.19. The van der Waals surface area contributed by atoms with Gasteiger partial charge < -0.3 is 10.4 Å². The largest absolute Gasteiger partial charge is 0.389 e. The number of likely N-dealkylation sites (tertiary alicyclic amines) is 1. The Balaban J connectivity index is 1.88. The molecule has 1 atom stereocenters. The van der Waals surface area contributed by atoms with Crippen LogP contribution in [0.5, 0.6) is 0 Å². The Kier molecular flexibility index (Phi) is 3.83. The van der Waals surface area contributed by atoms with Gasteiger partial charge in [0.2, 0.25) is 0 Å². The summed E-state index contributed by atoms with van der Waals surface area (Å²) >= 11 is 0. The third-order valence-electron chi connectivity index (χ3n) is 4.19. The fourth-order valence-corrected chi connectivity index (χ4v) is 3.20. The second-order valence-electron chi connectivity index (χ2n) is 6.25. The van der Waals surface area contributed by atoms with Crippen molar-refractivity contribution in [1.82, 2.24) is 9.88 Å². The van der Waals surface area contributed by atoms with Crippen molar-refractivity contribution < 1.29 is 5.11 Å². The maximum Gasteiger partial charge on any atom is 0.130 e. The molecule has 4 nitrogen and oxygen atoms in total. The first kappa shape index (κ1) is 14.3. The van der Waals surface area contributed by atoms with E-state index in [1.807, 2.05) is 32.2 Å². The zero-order valence-corrected chi connectivity index (χ0v) is 12.8. The number of aliphatic hydroxyl groups is 1. The van der Waals surface area contributed by atoms with E-state index in [1.54, 1.807) is 0 Å².